The van der Waals surface area contributed by atoms with E-state index in [1.54, 1.807) is 36.7 Å². The van der Waals surface area contributed by atoms with Crippen LogP contribution in [0.15, 0.2) is 85.5 Å². The number of ether oxygens (including phenoxy) is 2. The number of esters is 2. The van der Waals surface area contributed by atoms with Crippen molar-refractivity contribution in [2.45, 2.75) is 12.8 Å². The van der Waals surface area contributed by atoms with Crippen molar-refractivity contribution >= 4 is 33.5 Å². The SMILES string of the molecule is O=C(CCSSCCC(=O)Oc1ccc(-c2ccccn2)nc1)Oc1ccc(-c2ccccn2)nc1. The predicted octanol–water partition coefficient (Wildman–Crippen LogP) is 5.27. The second-order valence-corrected chi connectivity index (χ2v) is 9.98. The quantitative estimate of drug-likeness (QED) is 0.148. The summed E-state index contributed by atoms with van der Waals surface area (Å²) >= 11 is 0. The first kappa shape index (κ1) is 25.3. The molecule has 0 aromatic carbocycles. The van der Waals surface area contributed by atoms with Gasteiger partial charge in [0.05, 0.1) is 48.0 Å². The monoisotopic (exact) mass is 518 g/mol. The fraction of sp³-hybridized carbons (Fsp3) is 0.154. The van der Waals surface area contributed by atoms with Crippen LogP contribution in [0.3, 0.4) is 0 Å². The third-order valence-electron chi connectivity index (χ3n) is 4.65. The fourth-order valence-electron chi connectivity index (χ4n) is 2.95. The number of carbonyl (C=O) groups excluding carboxylic acids is 2. The fourth-order valence-corrected chi connectivity index (χ4v) is 4.89. The Morgan fingerprint density at radius 1 is 0.583 bits per heavy atom. The van der Waals surface area contributed by atoms with E-state index in [9.17, 15) is 9.59 Å². The molecule has 8 nitrogen and oxygen atoms in total. The predicted molar refractivity (Wildman–Crippen MR) is 140 cm³/mol. The van der Waals surface area contributed by atoms with Crippen LogP contribution in [0.4, 0.5) is 0 Å². The van der Waals surface area contributed by atoms with Crippen LogP contribution in [0.1, 0.15) is 12.8 Å². The molecule has 182 valence electrons. The molecule has 0 saturated heterocycles. The summed E-state index contributed by atoms with van der Waals surface area (Å²) in [6, 6.07) is 18.1. The van der Waals surface area contributed by atoms with Gasteiger partial charge in [-0.05, 0) is 48.5 Å². The molecule has 0 radical (unpaired) electrons. The van der Waals surface area contributed by atoms with Gasteiger partial charge in [0.1, 0.15) is 11.5 Å². The standard InChI is InChI=1S/C26H22N4O4S2/c31-25(33-19-7-9-23(29-17-19)21-5-1-3-13-27-21)11-15-35-36-16-12-26(32)34-20-8-10-24(30-18-20)22-6-2-4-14-28-22/h1-10,13-14,17-18H,11-12,15-16H2. The lowest BCUT2D eigenvalue weighted by Crippen LogP contribution is -2.09. The van der Waals surface area contributed by atoms with E-state index in [1.807, 2.05) is 36.4 Å². The number of rotatable bonds is 11. The molecule has 0 aliphatic heterocycles. The second kappa shape index (κ2) is 13.4. The van der Waals surface area contributed by atoms with Crippen molar-refractivity contribution in [1.82, 2.24) is 19.9 Å². The third kappa shape index (κ3) is 7.89. The number of hydrogen-bond donors (Lipinski definition) is 0. The molecule has 0 amide bonds. The van der Waals surface area contributed by atoms with E-state index in [-0.39, 0.29) is 24.8 Å². The maximum absolute atomic E-state index is 12.1. The summed E-state index contributed by atoms with van der Waals surface area (Å²) in [6.45, 7) is 0. The lowest BCUT2D eigenvalue weighted by molar-refractivity contribution is -0.134. The largest absolute Gasteiger partial charge is 0.425 e. The highest BCUT2D eigenvalue weighted by Crippen LogP contribution is 2.24. The summed E-state index contributed by atoms with van der Waals surface area (Å²) in [5, 5.41) is 0. The van der Waals surface area contributed by atoms with Gasteiger partial charge in [-0.1, -0.05) is 33.7 Å². The number of nitrogens with zero attached hydrogens (tertiary/aromatic N) is 4. The Bertz CT molecular complexity index is 1160. The van der Waals surface area contributed by atoms with Crippen LogP contribution < -0.4 is 9.47 Å². The van der Waals surface area contributed by atoms with E-state index in [2.05, 4.69) is 19.9 Å². The van der Waals surface area contributed by atoms with Gasteiger partial charge in [0, 0.05) is 23.9 Å². The minimum atomic E-state index is -0.337. The highest BCUT2D eigenvalue weighted by molar-refractivity contribution is 8.76. The lowest BCUT2D eigenvalue weighted by Gasteiger charge is -2.06. The summed E-state index contributed by atoms with van der Waals surface area (Å²) in [4.78, 5) is 41.2. The Morgan fingerprint density at radius 2 is 1.03 bits per heavy atom. The third-order valence-corrected chi connectivity index (χ3v) is 7.06. The normalized spacial score (nSPS) is 10.6. The van der Waals surface area contributed by atoms with E-state index >= 15 is 0 Å². The Hall–Kier alpha value is -3.76. The van der Waals surface area contributed by atoms with E-state index in [0.29, 0.717) is 34.4 Å². The van der Waals surface area contributed by atoms with E-state index < -0.39 is 0 Å². The van der Waals surface area contributed by atoms with Crippen LogP contribution in [-0.2, 0) is 9.59 Å². The summed E-state index contributed by atoms with van der Waals surface area (Å²) < 4.78 is 10.6. The average Bonchev–Trinajstić information content (AvgIpc) is 2.92. The molecule has 0 fully saturated rings. The van der Waals surface area contributed by atoms with Crippen LogP contribution in [0, 0.1) is 0 Å². The number of pyridine rings is 4. The van der Waals surface area contributed by atoms with Gasteiger partial charge in [-0.15, -0.1) is 0 Å². The second-order valence-electron chi connectivity index (χ2n) is 7.28. The molecule has 0 aliphatic rings. The van der Waals surface area contributed by atoms with Gasteiger partial charge in [-0.3, -0.25) is 29.5 Å². The summed E-state index contributed by atoms with van der Waals surface area (Å²) in [5.74, 6) is 1.24. The maximum atomic E-state index is 12.1. The van der Waals surface area contributed by atoms with Crippen LogP contribution in [0.25, 0.3) is 22.8 Å². The first-order valence-electron chi connectivity index (χ1n) is 11.1. The van der Waals surface area contributed by atoms with Crippen molar-refractivity contribution in [3.05, 3.63) is 85.5 Å². The first-order valence-corrected chi connectivity index (χ1v) is 13.6. The molecule has 0 N–H and O–H groups in total. The van der Waals surface area contributed by atoms with Crippen molar-refractivity contribution < 1.29 is 19.1 Å². The van der Waals surface area contributed by atoms with Gasteiger partial charge in [0.15, 0.2) is 0 Å². The van der Waals surface area contributed by atoms with Crippen molar-refractivity contribution in [3.63, 3.8) is 0 Å². The van der Waals surface area contributed by atoms with E-state index in [1.165, 1.54) is 34.0 Å². The Morgan fingerprint density at radius 3 is 1.39 bits per heavy atom. The minimum Gasteiger partial charge on any atom is -0.425 e. The lowest BCUT2D eigenvalue weighted by atomic mass is 10.2. The van der Waals surface area contributed by atoms with Crippen LogP contribution in [-0.4, -0.2) is 43.4 Å². The first-order chi connectivity index (χ1) is 17.7. The molecule has 0 atom stereocenters. The van der Waals surface area contributed by atoms with Crippen molar-refractivity contribution in [3.8, 4) is 34.3 Å². The molecule has 10 heteroatoms. The molecule has 0 saturated carbocycles. The highest BCUT2D eigenvalue weighted by atomic mass is 33.1. The molecule has 4 aromatic rings. The minimum absolute atomic E-state index is 0.248. The maximum Gasteiger partial charge on any atom is 0.312 e. The molecule has 0 unspecified atom stereocenters. The summed E-state index contributed by atoms with van der Waals surface area (Å²) in [7, 11) is 3.01. The molecular weight excluding hydrogens is 496 g/mol. The Balaban J connectivity index is 1.09. The molecule has 0 bridgehead atoms. The molecule has 0 spiro atoms. The Kier molecular flexibility index (Phi) is 9.40. The van der Waals surface area contributed by atoms with Crippen molar-refractivity contribution in [2.24, 2.45) is 0 Å². The van der Waals surface area contributed by atoms with E-state index in [0.717, 1.165) is 11.4 Å². The van der Waals surface area contributed by atoms with Gasteiger partial charge in [0.25, 0.3) is 0 Å². The summed E-state index contributed by atoms with van der Waals surface area (Å²) in [5.41, 5.74) is 2.92. The van der Waals surface area contributed by atoms with Crippen molar-refractivity contribution in [2.75, 3.05) is 11.5 Å². The van der Waals surface area contributed by atoms with Crippen LogP contribution >= 0.6 is 21.6 Å². The van der Waals surface area contributed by atoms with Crippen LogP contribution in [0.2, 0.25) is 0 Å². The van der Waals surface area contributed by atoms with Gasteiger partial charge in [-0.2, -0.15) is 0 Å². The zero-order chi connectivity index (χ0) is 25.0. The Labute approximate surface area is 216 Å². The number of hydrogen-bond acceptors (Lipinski definition) is 10. The van der Waals surface area contributed by atoms with E-state index in [4.69, 9.17) is 9.47 Å². The van der Waals surface area contributed by atoms with Gasteiger partial charge >= 0.3 is 11.9 Å². The molecule has 36 heavy (non-hydrogen) atoms. The number of carbonyl (C=O) groups is 2. The zero-order valence-corrected chi connectivity index (χ0v) is 20.8. The molecule has 0 aliphatic carbocycles. The van der Waals surface area contributed by atoms with Crippen molar-refractivity contribution in [1.29, 1.82) is 0 Å². The topological polar surface area (TPSA) is 104 Å². The molecule has 4 rings (SSSR count). The average molecular weight is 519 g/mol. The van der Waals surface area contributed by atoms with Gasteiger partial charge in [-0.25, -0.2) is 0 Å². The molecule has 4 heterocycles. The molecular formula is C26H22N4O4S2. The zero-order valence-electron chi connectivity index (χ0n) is 19.1. The molecule has 4 aromatic heterocycles. The van der Waals surface area contributed by atoms with Gasteiger partial charge in [0.2, 0.25) is 0 Å². The number of aromatic nitrogens is 4. The summed E-state index contributed by atoms with van der Waals surface area (Å²) in [6.07, 6.45) is 6.92. The highest BCUT2D eigenvalue weighted by Gasteiger charge is 2.09. The smallest absolute Gasteiger partial charge is 0.312 e. The van der Waals surface area contributed by atoms with Gasteiger partial charge < -0.3 is 9.47 Å². The van der Waals surface area contributed by atoms with Crippen LogP contribution in [0.5, 0.6) is 11.5 Å².